The first-order valence-corrected chi connectivity index (χ1v) is 9.90. The SMILES string of the molecule is COC(CCNCC=C1CCCCC1)(c1ccccc1)c1ccccc1.Cl. The van der Waals surface area contributed by atoms with E-state index in [9.17, 15) is 0 Å². The van der Waals surface area contributed by atoms with E-state index in [1.54, 1.807) is 5.57 Å². The van der Waals surface area contributed by atoms with Crippen molar-refractivity contribution in [3.63, 3.8) is 0 Å². The highest BCUT2D eigenvalue weighted by Gasteiger charge is 2.33. The Bertz CT molecular complexity index is 637. The number of rotatable bonds is 8. The summed E-state index contributed by atoms with van der Waals surface area (Å²) in [5.41, 5.74) is 3.64. The fraction of sp³-hybridized carbons (Fsp3) is 0.417. The van der Waals surface area contributed by atoms with Crippen LogP contribution in [0.25, 0.3) is 0 Å². The van der Waals surface area contributed by atoms with Gasteiger partial charge in [-0.15, -0.1) is 12.4 Å². The molecule has 1 saturated carbocycles. The van der Waals surface area contributed by atoms with Gasteiger partial charge in [0.2, 0.25) is 0 Å². The minimum absolute atomic E-state index is 0. The highest BCUT2D eigenvalue weighted by Crippen LogP contribution is 2.36. The smallest absolute Gasteiger partial charge is 0.119 e. The fourth-order valence-corrected chi connectivity index (χ4v) is 4.00. The summed E-state index contributed by atoms with van der Waals surface area (Å²) in [5.74, 6) is 0. The summed E-state index contributed by atoms with van der Waals surface area (Å²) in [5, 5.41) is 3.61. The van der Waals surface area contributed by atoms with Crippen LogP contribution in [0.2, 0.25) is 0 Å². The normalized spacial score (nSPS) is 14.5. The summed E-state index contributed by atoms with van der Waals surface area (Å²) in [4.78, 5) is 0. The molecular formula is C24H32ClNO. The molecule has 2 nitrogen and oxygen atoms in total. The van der Waals surface area contributed by atoms with Crippen molar-refractivity contribution in [1.82, 2.24) is 5.32 Å². The van der Waals surface area contributed by atoms with E-state index in [4.69, 9.17) is 4.74 Å². The molecule has 0 atom stereocenters. The Morgan fingerprint density at radius 1 is 0.889 bits per heavy atom. The van der Waals surface area contributed by atoms with Gasteiger partial charge in [0.15, 0.2) is 0 Å². The van der Waals surface area contributed by atoms with E-state index in [0.29, 0.717) is 0 Å². The zero-order valence-corrected chi connectivity index (χ0v) is 17.1. The molecule has 1 fully saturated rings. The van der Waals surface area contributed by atoms with Crippen LogP contribution in [0.15, 0.2) is 72.3 Å². The largest absolute Gasteiger partial charge is 0.369 e. The average molecular weight is 386 g/mol. The fourth-order valence-electron chi connectivity index (χ4n) is 4.00. The van der Waals surface area contributed by atoms with Gasteiger partial charge in [-0.25, -0.2) is 0 Å². The first kappa shape index (κ1) is 21.7. The lowest BCUT2D eigenvalue weighted by Crippen LogP contribution is -2.34. The Kier molecular flexibility index (Phi) is 9.06. The van der Waals surface area contributed by atoms with Crippen LogP contribution in [0.1, 0.15) is 49.7 Å². The van der Waals surface area contributed by atoms with E-state index < -0.39 is 5.60 Å². The second-order valence-corrected chi connectivity index (χ2v) is 7.14. The van der Waals surface area contributed by atoms with Crippen LogP contribution in [-0.4, -0.2) is 20.2 Å². The second kappa shape index (κ2) is 11.3. The number of hydrogen-bond donors (Lipinski definition) is 1. The number of ether oxygens (including phenoxy) is 1. The van der Waals surface area contributed by atoms with Gasteiger partial charge in [0, 0.05) is 13.7 Å². The van der Waals surface area contributed by atoms with Crippen molar-refractivity contribution in [2.45, 2.75) is 44.1 Å². The number of benzene rings is 2. The molecule has 0 heterocycles. The van der Waals surface area contributed by atoms with Crippen LogP contribution < -0.4 is 5.32 Å². The van der Waals surface area contributed by atoms with Crippen molar-refractivity contribution in [1.29, 1.82) is 0 Å². The molecule has 0 aliphatic heterocycles. The van der Waals surface area contributed by atoms with Crippen LogP contribution in [0, 0.1) is 0 Å². The molecular weight excluding hydrogens is 354 g/mol. The number of allylic oxidation sites excluding steroid dienone is 1. The third kappa shape index (κ3) is 5.68. The van der Waals surface area contributed by atoms with Gasteiger partial charge in [-0.2, -0.15) is 0 Å². The number of hydrogen-bond acceptors (Lipinski definition) is 2. The Hall–Kier alpha value is -1.61. The third-order valence-corrected chi connectivity index (χ3v) is 5.51. The predicted octanol–water partition coefficient (Wildman–Crippen LogP) is 5.87. The standard InChI is InChI=1S/C24H31NO.ClH/c1-26-24(22-13-7-3-8-14-22,23-15-9-4-10-16-23)18-20-25-19-17-21-11-5-2-6-12-21;/h3-4,7-10,13-17,25H,2,5-6,11-12,18-20H2,1H3;1H. The van der Waals surface area contributed by atoms with Gasteiger partial charge in [-0.3, -0.25) is 0 Å². The minimum atomic E-state index is -0.409. The molecule has 3 heteroatoms. The van der Waals surface area contributed by atoms with Gasteiger partial charge >= 0.3 is 0 Å². The first-order valence-electron chi connectivity index (χ1n) is 9.90. The van der Waals surface area contributed by atoms with Crippen LogP contribution in [0.3, 0.4) is 0 Å². The van der Waals surface area contributed by atoms with Gasteiger partial charge < -0.3 is 10.1 Å². The van der Waals surface area contributed by atoms with Crippen molar-refractivity contribution in [3.05, 3.63) is 83.4 Å². The van der Waals surface area contributed by atoms with E-state index in [1.807, 2.05) is 7.11 Å². The van der Waals surface area contributed by atoms with Crippen LogP contribution in [-0.2, 0) is 10.3 Å². The molecule has 0 aromatic heterocycles. The Morgan fingerprint density at radius 3 is 1.96 bits per heavy atom. The third-order valence-electron chi connectivity index (χ3n) is 5.51. The van der Waals surface area contributed by atoms with Crippen LogP contribution in [0.4, 0.5) is 0 Å². The maximum atomic E-state index is 6.15. The molecule has 0 spiro atoms. The summed E-state index contributed by atoms with van der Waals surface area (Å²) in [7, 11) is 1.82. The van der Waals surface area contributed by atoms with Gasteiger partial charge in [-0.05, 0) is 49.8 Å². The summed E-state index contributed by atoms with van der Waals surface area (Å²) >= 11 is 0. The maximum absolute atomic E-state index is 6.15. The zero-order chi connectivity index (χ0) is 18.1. The monoisotopic (exact) mass is 385 g/mol. The summed E-state index contributed by atoms with van der Waals surface area (Å²) in [6, 6.07) is 21.1. The minimum Gasteiger partial charge on any atom is -0.369 e. The molecule has 0 radical (unpaired) electrons. The summed E-state index contributed by atoms with van der Waals surface area (Å²) in [6.07, 6.45) is 10.0. The molecule has 3 rings (SSSR count). The highest BCUT2D eigenvalue weighted by molar-refractivity contribution is 5.85. The summed E-state index contributed by atoms with van der Waals surface area (Å²) in [6.45, 7) is 1.88. The molecule has 0 amide bonds. The quantitative estimate of drug-likeness (QED) is 0.453. The van der Waals surface area contributed by atoms with Crippen molar-refractivity contribution in [3.8, 4) is 0 Å². The van der Waals surface area contributed by atoms with Crippen molar-refractivity contribution >= 4 is 12.4 Å². The Labute approximate surface area is 170 Å². The molecule has 2 aromatic carbocycles. The van der Waals surface area contributed by atoms with E-state index in [2.05, 4.69) is 72.1 Å². The topological polar surface area (TPSA) is 21.3 Å². The second-order valence-electron chi connectivity index (χ2n) is 7.14. The number of methoxy groups -OCH3 is 1. The lowest BCUT2D eigenvalue weighted by atomic mass is 9.83. The average Bonchev–Trinajstić information content (AvgIpc) is 2.73. The van der Waals surface area contributed by atoms with Gasteiger partial charge in [0.1, 0.15) is 5.60 Å². The molecule has 1 aliphatic rings. The first-order chi connectivity index (χ1) is 12.8. The summed E-state index contributed by atoms with van der Waals surface area (Å²) < 4.78 is 6.15. The maximum Gasteiger partial charge on any atom is 0.119 e. The lowest BCUT2D eigenvalue weighted by Gasteiger charge is -2.34. The zero-order valence-electron chi connectivity index (χ0n) is 16.3. The predicted molar refractivity (Wildman–Crippen MR) is 117 cm³/mol. The van der Waals surface area contributed by atoms with Crippen LogP contribution in [0.5, 0.6) is 0 Å². The van der Waals surface area contributed by atoms with E-state index in [1.165, 1.54) is 43.2 Å². The van der Waals surface area contributed by atoms with Gasteiger partial charge in [-0.1, -0.05) is 78.7 Å². The van der Waals surface area contributed by atoms with Gasteiger partial charge in [0.05, 0.1) is 0 Å². The molecule has 146 valence electrons. The molecule has 2 aromatic rings. The van der Waals surface area contributed by atoms with Crippen molar-refractivity contribution in [2.75, 3.05) is 20.2 Å². The Balaban J connectivity index is 0.00000261. The lowest BCUT2D eigenvalue weighted by molar-refractivity contribution is 0.0149. The van der Waals surface area contributed by atoms with E-state index in [0.717, 1.165) is 19.5 Å². The molecule has 1 aliphatic carbocycles. The molecule has 0 unspecified atom stereocenters. The molecule has 1 N–H and O–H groups in total. The molecule has 27 heavy (non-hydrogen) atoms. The molecule has 0 saturated heterocycles. The van der Waals surface area contributed by atoms with E-state index >= 15 is 0 Å². The highest BCUT2D eigenvalue weighted by atomic mass is 35.5. The van der Waals surface area contributed by atoms with Crippen molar-refractivity contribution in [2.24, 2.45) is 0 Å². The van der Waals surface area contributed by atoms with E-state index in [-0.39, 0.29) is 12.4 Å². The van der Waals surface area contributed by atoms with Crippen LogP contribution >= 0.6 is 12.4 Å². The Morgan fingerprint density at radius 2 is 1.44 bits per heavy atom. The molecule has 0 bridgehead atoms. The number of nitrogens with one attached hydrogen (secondary N) is 1. The van der Waals surface area contributed by atoms with Gasteiger partial charge in [0.25, 0.3) is 0 Å². The van der Waals surface area contributed by atoms with Crippen molar-refractivity contribution < 1.29 is 4.74 Å². The number of halogens is 1.